The molecule has 0 bridgehead atoms. The minimum atomic E-state index is -3.73. The molecule has 0 fully saturated rings. The van der Waals surface area contributed by atoms with Gasteiger partial charge in [-0.25, -0.2) is 26.3 Å². The van der Waals surface area contributed by atoms with Crippen LogP contribution in [0.2, 0.25) is 0 Å². The zero-order valence-corrected chi connectivity index (χ0v) is 29.2. The number of fused-ring (bicyclic) bond motifs is 2. The van der Waals surface area contributed by atoms with Crippen LogP contribution in [-0.2, 0) is 42.6 Å². The highest BCUT2D eigenvalue weighted by Crippen LogP contribution is 2.25. The Morgan fingerprint density at radius 3 is 1.91 bits per heavy atom. The number of aryl methyl sites for hydroxylation is 2. The Morgan fingerprint density at radius 2 is 1.38 bits per heavy atom. The quantitative estimate of drug-likeness (QED) is 0.0953. The van der Waals surface area contributed by atoms with Crippen molar-refractivity contribution in [1.29, 1.82) is 0 Å². The third-order valence-electron chi connectivity index (χ3n) is 6.88. The molecule has 4 rings (SSSR count). The minimum absolute atomic E-state index is 0.0933. The van der Waals surface area contributed by atoms with E-state index in [0.29, 0.717) is 80.4 Å². The number of rotatable bonds is 17. The van der Waals surface area contributed by atoms with Crippen molar-refractivity contribution in [3.8, 4) is 0 Å². The predicted octanol–water partition coefficient (Wildman–Crippen LogP) is 4.30. The van der Waals surface area contributed by atoms with Gasteiger partial charge in [-0.3, -0.25) is 0 Å². The van der Waals surface area contributed by atoms with E-state index in [1.54, 1.807) is 24.3 Å². The summed E-state index contributed by atoms with van der Waals surface area (Å²) in [4.78, 5) is 0.293. The van der Waals surface area contributed by atoms with Crippen LogP contribution in [0, 0.1) is 5.27 Å². The molecule has 0 radical (unpaired) electrons. The maximum absolute atomic E-state index is 13.0. The van der Waals surface area contributed by atoms with Gasteiger partial charge in [-0.15, -0.1) is 0 Å². The highest BCUT2D eigenvalue weighted by Gasteiger charge is 2.25. The van der Waals surface area contributed by atoms with E-state index in [1.807, 2.05) is 50.7 Å². The second-order valence-electron chi connectivity index (χ2n) is 11.0. The van der Waals surface area contributed by atoms with Gasteiger partial charge in [-0.2, -0.15) is 4.57 Å². The van der Waals surface area contributed by atoms with Gasteiger partial charge >= 0.3 is 5.63 Å². The molecule has 0 amide bonds. The van der Waals surface area contributed by atoms with Crippen molar-refractivity contribution in [1.82, 2.24) is 14.0 Å². The van der Waals surface area contributed by atoms with E-state index in [4.69, 9.17) is 18.3 Å². The van der Waals surface area contributed by atoms with Gasteiger partial charge in [0.05, 0.1) is 27.5 Å². The molecule has 0 atom stereocenters. The minimum Gasteiger partial charge on any atom is -0.434 e. The van der Waals surface area contributed by atoms with Gasteiger partial charge in [0.2, 0.25) is 30.9 Å². The summed E-state index contributed by atoms with van der Waals surface area (Å²) in [5.74, 6) is 0. The van der Waals surface area contributed by atoms with Crippen LogP contribution in [0.25, 0.3) is 22.2 Å². The van der Waals surface area contributed by atoms with Gasteiger partial charge in [0.15, 0.2) is 12.1 Å². The molecule has 0 aliphatic carbocycles. The SMILES string of the molecule is CCn1c(=Pc2oc3ccc(S(=O)(=O)NCCCOC(C)C)cc3[n+]2CC)oc2ccc(S(=O)(=O)NCCCOC(C)C)cc21. The molecule has 2 aromatic heterocycles. The Kier molecular flexibility index (Phi) is 12.0. The Morgan fingerprint density at radius 1 is 0.822 bits per heavy atom. The number of ether oxygens (including phenoxy) is 2. The average Bonchev–Trinajstić information content (AvgIpc) is 3.51. The van der Waals surface area contributed by atoms with Crippen molar-refractivity contribution < 1.29 is 39.7 Å². The standard InChI is InChI=1S/C30H44N4O8PS2/c1-7-33-25-19-23(44(35,36)31-15-9-17-39-21(3)4)11-13-27(25)41-29(33)43-30-34(8-2)26-20-24(12-14-28(26)42-30)45(37,38)32-16-10-18-40-22(5)6/h11-14,19-22,31-32H,7-10,15-18H2,1-6H3/q+1. The highest BCUT2D eigenvalue weighted by molar-refractivity contribution is 7.89. The zero-order valence-electron chi connectivity index (χ0n) is 26.7. The number of nitrogens with one attached hydrogen (secondary N) is 2. The first kappa shape index (κ1) is 35.3. The Bertz CT molecular complexity index is 1890. The van der Waals surface area contributed by atoms with E-state index in [-0.39, 0.29) is 35.1 Å². The number of benzene rings is 2. The molecule has 0 unspecified atom stereocenters. The smallest absolute Gasteiger partial charge is 0.404 e. The molecule has 4 aromatic rings. The maximum atomic E-state index is 13.0. The monoisotopic (exact) mass is 683 g/mol. The van der Waals surface area contributed by atoms with E-state index in [9.17, 15) is 16.8 Å². The van der Waals surface area contributed by atoms with Gasteiger partial charge in [-0.1, -0.05) is 0 Å². The molecule has 0 saturated heterocycles. The van der Waals surface area contributed by atoms with Gasteiger partial charge in [0.1, 0.15) is 8.20 Å². The van der Waals surface area contributed by atoms with Crippen LogP contribution in [0.15, 0.2) is 55.0 Å². The third kappa shape index (κ3) is 8.82. The average molecular weight is 684 g/mol. The molecular formula is C30H44N4O8PS2+. The molecule has 2 N–H and O–H groups in total. The van der Waals surface area contributed by atoms with Crippen molar-refractivity contribution in [3.05, 3.63) is 41.7 Å². The Balaban J connectivity index is 1.62. The van der Waals surface area contributed by atoms with Crippen LogP contribution in [0.3, 0.4) is 0 Å². The van der Waals surface area contributed by atoms with Crippen molar-refractivity contribution in [2.24, 2.45) is 0 Å². The number of hydrogen-bond acceptors (Lipinski definition) is 8. The number of hydrogen-bond donors (Lipinski definition) is 2. The van der Waals surface area contributed by atoms with E-state index < -0.39 is 20.0 Å². The fourth-order valence-electron chi connectivity index (χ4n) is 4.66. The number of aromatic nitrogens is 2. The fraction of sp³-hybridized carbons (Fsp3) is 0.533. The van der Waals surface area contributed by atoms with Crippen LogP contribution in [0.1, 0.15) is 54.4 Å². The van der Waals surface area contributed by atoms with Gasteiger partial charge in [0.25, 0.3) is 5.52 Å². The zero-order chi connectivity index (χ0) is 32.8. The van der Waals surface area contributed by atoms with Gasteiger partial charge < -0.3 is 22.9 Å². The van der Waals surface area contributed by atoms with Crippen LogP contribution in [0.4, 0.5) is 0 Å². The number of nitrogens with zero attached hydrogens (tertiary/aromatic N) is 2. The largest absolute Gasteiger partial charge is 0.434 e. The van der Waals surface area contributed by atoms with E-state index in [0.717, 1.165) is 0 Å². The van der Waals surface area contributed by atoms with Crippen molar-refractivity contribution in [2.45, 2.75) is 89.5 Å². The molecule has 2 heterocycles. The second kappa shape index (κ2) is 15.3. The summed E-state index contributed by atoms with van der Waals surface area (Å²) in [6.07, 6.45) is 1.32. The summed E-state index contributed by atoms with van der Waals surface area (Å²) in [5, 5.41) is 0.556. The van der Waals surface area contributed by atoms with Gasteiger partial charge in [0, 0.05) is 38.9 Å². The molecule has 45 heavy (non-hydrogen) atoms. The van der Waals surface area contributed by atoms with Gasteiger partial charge in [-0.05, 0) is 84.7 Å². The fourth-order valence-corrected chi connectivity index (χ4v) is 8.04. The lowest BCUT2D eigenvalue weighted by molar-refractivity contribution is -0.652. The van der Waals surface area contributed by atoms with Crippen LogP contribution >= 0.6 is 8.20 Å². The molecule has 0 spiro atoms. The topological polar surface area (TPSA) is 146 Å². The van der Waals surface area contributed by atoms with E-state index in [2.05, 4.69) is 9.44 Å². The summed E-state index contributed by atoms with van der Waals surface area (Å²) in [5.41, 5.74) is 2.93. The lowest BCUT2D eigenvalue weighted by Gasteiger charge is -2.09. The first-order valence-corrected chi connectivity index (χ1v) is 19.1. The summed E-state index contributed by atoms with van der Waals surface area (Å²) in [6.45, 7) is 14.2. The van der Waals surface area contributed by atoms with Crippen LogP contribution in [0.5, 0.6) is 0 Å². The summed E-state index contributed by atoms with van der Waals surface area (Å²) in [7, 11) is -6.86. The molecule has 12 nitrogen and oxygen atoms in total. The van der Waals surface area contributed by atoms with E-state index in [1.165, 1.54) is 12.1 Å². The Hall–Kier alpha value is -2.58. The lowest BCUT2D eigenvalue weighted by Crippen LogP contribution is -2.42. The van der Waals surface area contributed by atoms with Crippen molar-refractivity contribution >= 4 is 56.1 Å². The summed E-state index contributed by atoms with van der Waals surface area (Å²) >= 11 is 0. The van der Waals surface area contributed by atoms with E-state index >= 15 is 0 Å². The van der Waals surface area contributed by atoms with Crippen LogP contribution in [-0.4, -0.2) is 59.9 Å². The molecule has 248 valence electrons. The molecule has 15 heteroatoms. The van der Waals surface area contributed by atoms with Crippen LogP contribution < -0.4 is 19.6 Å². The normalized spacial score (nSPS) is 13.3. The first-order chi connectivity index (χ1) is 21.4. The second-order valence-corrected chi connectivity index (χ2v) is 15.5. The predicted molar refractivity (Wildman–Crippen MR) is 174 cm³/mol. The summed E-state index contributed by atoms with van der Waals surface area (Å²) in [6, 6.07) is 9.59. The molecule has 0 aliphatic rings. The molecule has 0 saturated carbocycles. The lowest BCUT2D eigenvalue weighted by atomic mass is 10.3. The van der Waals surface area contributed by atoms with Crippen molar-refractivity contribution in [2.75, 3.05) is 26.3 Å². The third-order valence-corrected chi connectivity index (χ3v) is 10.8. The number of sulfonamides is 2. The highest BCUT2D eigenvalue weighted by atomic mass is 32.2. The molecule has 0 aliphatic heterocycles. The first-order valence-electron chi connectivity index (χ1n) is 15.2. The summed E-state index contributed by atoms with van der Waals surface area (Å²) < 4.78 is 84.4. The maximum Gasteiger partial charge on any atom is 0.404 e. The molecular weight excluding hydrogens is 639 g/mol. The molecule has 2 aromatic carbocycles. The number of oxazole rings is 2. The Labute approximate surface area is 266 Å². The van der Waals surface area contributed by atoms with Crippen molar-refractivity contribution in [3.63, 3.8) is 0 Å².